The zero-order chi connectivity index (χ0) is 16.3. The van der Waals surface area contributed by atoms with Crippen LogP contribution in [0.1, 0.15) is 26.3 Å². The third-order valence-corrected chi connectivity index (χ3v) is 3.76. The van der Waals surface area contributed by atoms with Crippen LogP contribution in [0.2, 0.25) is 0 Å². The van der Waals surface area contributed by atoms with Gasteiger partial charge in [0.2, 0.25) is 0 Å². The third-order valence-electron chi connectivity index (χ3n) is 3.76. The molecule has 0 aliphatic rings. The van der Waals surface area contributed by atoms with Crippen molar-refractivity contribution in [3.63, 3.8) is 0 Å². The summed E-state index contributed by atoms with van der Waals surface area (Å²) < 4.78 is 0. The lowest BCUT2D eigenvalue weighted by Crippen LogP contribution is -2.10. The molecule has 1 N–H and O–H groups in total. The summed E-state index contributed by atoms with van der Waals surface area (Å²) in [4.78, 5) is 8.69. The molecule has 1 heterocycles. The highest BCUT2D eigenvalue weighted by atomic mass is 15.0. The SMILES string of the molecule is CC(C)(C)c1ccc(-c2cc(Nc3ccccc3)ncn2)cc1. The summed E-state index contributed by atoms with van der Waals surface area (Å²) in [6.45, 7) is 6.65. The van der Waals surface area contributed by atoms with Gasteiger partial charge in [-0.1, -0.05) is 63.2 Å². The Labute approximate surface area is 137 Å². The first-order valence-electron chi connectivity index (χ1n) is 7.77. The van der Waals surface area contributed by atoms with Crippen molar-refractivity contribution in [3.05, 3.63) is 72.6 Å². The summed E-state index contributed by atoms with van der Waals surface area (Å²) in [6, 6.07) is 20.6. The van der Waals surface area contributed by atoms with Crippen LogP contribution < -0.4 is 5.32 Å². The summed E-state index contributed by atoms with van der Waals surface area (Å²) in [6.07, 6.45) is 1.60. The van der Waals surface area contributed by atoms with Gasteiger partial charge in [-0.3, -0.25) is 0 Å². The summed E-state index contributed by atoms with van der Waals surface area (Å²) in [5.74, 6) is 0.793. The van der Waals surface area contributed by atoms with Gasteiger partial charge >= 0.3 is 0 Å². The zero-order valence-corrected chi connectivity index (χ0v) is 13.7. The summed E-state index contributed by atoms with van der Waals surface area (Å²) in [7, 11) is 0. The first-order chi connectivity index (χ1) is 11.0. The Morgan fingerprint density at radius 3 is 2.17 bits per heavy atom. The lowest BCUT2D eigenvalue weighted by Gasteiger charge is -2.19. The van der Waals surface area contributed by atoms with Crippen LogP contribution in [0, 0.1) is 0 Å². The minimum Gasteiger partial charge on any atom is -0.340 e. The van der Waals surface area contributed by atoms with Gasteiger partial charge in [-0.05, 0) is 23.1 Å². The van der Waals surface area contributed by atoms with E-state index >= 15 is 0 Å². The zero-order valence-electron chi connectivity index (χ0n) is 13.7. The van der Waals surface area contributed by atoms with Crippen LogP contribution in [0.3, 0.4) is 0 Å². The molecule has 0 saturated carbocycles. The van der Waals surface area contributed by atoms with E-state index in [2.05, 4.69) is 60.3 Å². The van der Waals surface area contributed by atoms with Crippen molar-refractivity contribution < 1.29 is 0 Å². The van der Waals surface area contributed by atoms with Gasteiger partial charge in [0.25, 0.3) is 0 Å². The van der Waals surface area contributed by atoms with Crippen LogP contribution >= 0.6 is 0 Å². The number of nitrogens with zero attached hydrogens (tertiary/aromatic N) is 2. The van der Waals surface area contributed by atoms with E-state index in [0.29, 0.717) is 0 Å². The molecule has 2 aromatic carbocycles. The van der Waals surface area contributed by atoms with E-state index in [-0.39, 0.29) is 5.41 Å². The molecule has 0 bridgehead atoms. The molecule has 0 radical (unpaired) electrons. The number of rotatable bonds is 3. The van der Waals surface area contributed by atoms with Crippen molar-refractivity contribution in [1.82, 2.24) is 9.97 Å². The lowest BCUT2D eigenvalue weighted by molar-refractivity contribution is 0.590. The number of hydrogen-bond acceptors (Lipinski definition) is 3. The molecule has 3 aromatic rings. The van der Waals surface area contributed by atoms with Gasteiger partial charge in [0.15, 0.2) is 0 Å². The predicted molar refractivity (Wildman–Crippen MR) is 95.9 cm³/mol. The minimum atomic E-state index is 0.157. The van der Waals surface area contributed by atoms with E-state index < -0.39 is 0 Å². The number of aromatic nitrogens is 2. The predicted octanol–water partition coefficient (Wildman–Crippen LogP) is 5.18. The van der Waals surface area contributed by atoms with Gasteiger partial charge in [-0.15, -0.1) is 0 Å². The summed E-state index contributed by atoms with van der Waals surface area (Å²) in [5.41, 5.74) is 4.50. The van der Waals surface area contributed by atoms with Crippen LogP contribution in [-0.4, -0.2) is 9.97 Å². The Morgan fingerprint density at radius 1 is 0.826 bits per heavy atom. The summed E-state index contributed by atoms with van der Waals surface area (Å²) in [5, 5.41) is 3.30. The maximum atomic E-state index is 4.39. The molecular weight excluding hydrogens is 282 g/mol. The average Bonchev–Trinajstić information content (AvgIpc) is 2.55. The molecule has 3 heteroatoms. The molecule has 3 nitrogen and oxygen atoms in total. The first kappa shape index (κ1) is 15.2. The maximum absolute atomic E-state index is 4.39. The molecule has 3 rings (SSSR count). The van der Waals surface area contributed by atoms with Crippen LogP contribution in [-0.2, 0) is 5.41 Å². The quantitative estimate of drug-likeness (QED) is 0.724. The van der Waals surface area contributed by atoms with Crippen molar-refractivity contribution in [2.45, 2.75) is 26.2 Å². The molecule has 0 spiro atoms. The van der Waals surface area contributed by atoms with E-state index in [9.17, 15) is 0 Å². The van der Waals surface area contributed by atoms with Gasteiger partial charge in [-0.2, -0.15) is 0 Å². The largest absolute Gasteiger partial charge is 0.340 e. The maximum Gasteiger partial charge on any atom is 0.134 e. The highest BCUT2D eigenvalue weighted by molar-refractivity contribution is 5.65. The smallest absolute Gasteiger partial charge is 0.134 e. The fourth-order valence-electron chi connectivity index (χ4n) is 2.39. The molecule has 0 fully saturated rings. The minimum absolute atomic E-state index is 0.157. The van der Waals surface area contributed by atoms with E-state index in [4.69, 9.17) is 0 Å². The number of hydrogen-bond donors (Lipinski definition) is 1. The molecule has 0 saturated heterocycles. The number of para-hydroxylation sites is 1. The lowest BCUT2D eigenvalue weighted by atomic mass is 9.86. The second kappa shape index (κ2) is 6.21. The van der Waals surface area contributed by atoms with Crippen LogP contribution in [0.4, 0.5) is 11.5 Å². The molecule has 0 aliphatic carbocycles. The van der Waals surface area contributed by atoms with Gasteiger partial charge in [0.05, 0.1) is 5.69 Å². The Balaban J connectivity index is 1.85. The average molecular weight is 303 g/mol. The van der Waals surface area contributed by atoms with E-state index in [0.717, 1.165) is 22.8 Å². The van der Waals surface area contributed by atoms with Crippen LogP contribution in [0.5, 0.6) is 0 Å². The van der Waals surface area contributed by atoms with Crippen LogP contribution in [0.25, 0.3) is 11.3 Å². The molecule has 23 heavy (non-hydrogen) atoms. The van der Waals surface area contributed by atoms with Crippen molar-refractivity contribution in [1.29, 1.82) is 0 Å². The standard InChI is InChI=1S/C20H21N3/c1-20(2,3)16-11-9-15(10-12-16)18-13-19(22-14-21-18)23-17-7-5-4-6-8-17/h4-14H,1-3H3,(H,21,22,23). The fraction of sp³-hybridized carbons (Fsp3) is 0.200. The Hall–Kier alpha value is -2.68. The normalized spacial score (nSPS) is 11.3. The number of benzene rings is 2. The van der Waals surface area contributed by atoms with Crippen molar-refractivity contribution in [3.8, 4) is 11.3 Å². The number of nitrogens with one attached hydrogen (secondary N) is 1. The Bertz CT molecular complexity index is 772. The Kier molecular flexibility index (Phi) is 4.11. The fourth-order valence-corrected chi connectivity index (χ4v) is 2.39. The van der Waals surface area contributed by atoms with Crippen molar-refractivity contribution in [2.75, 3.05) is 5.32 Å². The Morgan fingerprint density at radius 2 is 1.52 bits per heavy atom. The highest BCUT2D eigenvalue weighted by Gasteiger charge is 2.13. The first-order valence-corrected chi connectivity index (χ1v) is 7.77. The van der Waals surface area contributed by atoms with E-state index in [1.165, 1.54) is 5.56 Å². The van der Waals surface area contributed by atoms with Gasteiger partial charge < -0.3 is 5.32 Å². The molecule has 0 unspecified atom stereocenters. The molecule has 0 aliphatic heterocycles. The van der Waals surface area contributed by atoms with Crippen molar-refractivity contribution in [2.24, 2.45) is 0 Å². The monoisotopic (exact) mass is 303 g/mol. The molecule has 116 valence electrons. The van der Waals surface area contributed by atoms with E-state index in [1.807, 2.05) is 36.4 Å². The van der Waals surface area contributed by atoms with Crippen LogP contribution in [0.15, 0.2) is 67.0 Å². The molecule has 1 aromatic heterocycles. The number of anilines is 2. The third kappa shape index (κ3) is 3.75. The van der Waals surface area contributed by atoms with Gasteiger partial charge in [0, 0.05) is 17.3 Å². The second-order valence-corrected chi connectivity index (χ2v) is 6.61. The summed E-state index contributed by atoms with van der Waals surface area (Å²) >= 11 is 0. The molecule has 0 atom stereocenters. The topological polar surface area (TPSA) is 37.8 Å². The van der Waals surface area contributed by atoms with Crippen molar-refractivity contribution >= 4 is 11.5 Å². The highest BCUT2D eigenvalue weighted by Crippen LogP contribution is 2.26. The van der Waals surface area contributed by atoms with E-state index in [1.54, 1.807) is 6.33 Å². The second-order valence-electron chi connectivity index (χ2n) is 6.61. The van der Waals surface area contributed by atoms with Gasteiger partial charge in [-0.25, -0.2) is 9.97 Å². The molecule has 0 amide bonds. The molecular formula is C20H21N3. The van der Waals surface area contributed by atoms with Gasteiger partial charge in [0.1, 0.15) is 12.1 Å².